The average Bonchev–Trinajstić information content (AvgIpc) is 2.87. The number of hydrogen-bond acceptors (Lipinski definition) is 6. The van der Waals surface area contributed by atoms with Gasteiger partial charge in [0.2, 0.25) is 0 Å². The highest BCUT2D eigenvalue weighted by molar-refractivity contribution is 7.81. The van der Waals surface area contributed by atoms with E-state index in [1.807, 2.05) is 13.8 Å². The Bertz CT molecular complexity index is 1380. The maximum Gasteiger partial charge on any atom is 0.320 e. The van der Waals surface area contributed by atoms with Crippen LogP contribution in [0.25, 0.3) is 0 Å². The number of benzene rings is 3. The third kappa shape index (κ3) is 8.19. The highest BCUT2D eigenvalue weighted by Crippen LogP contribution is 2.40. The Balaban J connectivity index is 2.18. The largest absolute Gasteiger partial charge is 0.480 e. The number of nitrogens with zero attached hydrogens (tertiary/aromatic N) is 3. The Kier molecular flexibility index (Phi) is 10.9. The molecular weight excluding hydrogens is 558 g/mol. The van der Waals surface area contributed by atoms with Crippen LogP contribution in [-0.4, -0.2) is 59.2 Å². The molecule has 0 aromatic heterocycles. The molecule has 2 unspecified atom stereocenters. The lowest BCUT2D eigenvalue weighted by atomic mass is 10.1. The maximum absolute atomic E-state index is 12.7. The van der Waals surface area contributed by atoms with Crippen LogP contribution < -0.4 is 8.61 Å². The average molecular weight is 590 g/mol. The van der Waals surface area contributed by atoms with Crippen molar-refractivity contribution in [1.82, 2.24) is 4.90 Å². The summed E-state index contributed by atoms with van der Waals surface area (Å²) >= 11 is -5.18. The summed E-state index contributed by atoms with van der Waals surface area (Å²) in [6.07, 6.45) is 0. The molecule has 13 heteroatoms. The van der Waals surface area contributed by atoms with Gasteiger partial charge in [-0.2, -0.15) is 0 Å². The van der Waals surface area contributed by atoms with Crippen molar-refractivity contribution in [3.8, 4) is 0 Å². The van der Waals surface area contributed by atoms with Gasteiger partial charge in [-0.15, -0.1) is 0 Å². The lowest BCUT2D eigenvalue weighted by molar-refractivity contribution is -0.146. The van der Waals surface area contributed by atoms with E-state index in [1.165, 1.54) is 17.0 Å². The van der Waals surface area contributed by atoms with Crippen LogP contribution >= 0.6 is 0 Å². The van der Waals surface area contributed by atoms with Crippen LogP contribution in [-0.2, 0) is 43.4 Å². The van der Waals surface area contributed by atoms with E-state index in [2.05, 4.69) is 0 Å². The number of carbonyl (C=O) groups is 2. The Labute approximate surface area is 237 Å². The highest BCUT2D eigenvalue weighted by atomic mass is 32.2. The molecule has 3 aromatic rings. The molecule has 0 radical (unpaired) electrons. The van der Waals surface area contributed by atoms with Gasteiger partial charge in [-0.3, -0.25) is 23.6 Å². The minimum atomic E-state index is -2.61. The summed E-state index contributed by atoms with van der Waals surface area (Å²) in [7, 11) is 0. The van der Waals surface area contributed by atoms with Gasteiger partial charge in [0.15, 0.2) is 0 Å². The van der Waals surface area contributed by atoms with Crippen LogP contribution in [0, 0.1) is 13.8 Å². The fraction of sp³-hybridized carbons (Fsp3) is 0.259. The van der Waals surface area contributed by atoms with Crippen molar-refractivity contribution in [2.75, 3.05) is 28.3 Å². The van der Waals surface area contributed by atoms with Crippen molar-refractivity contribution in [2.45, 2.75) is 27.3 Å². The molecule has 0 fully saturated rings. The van der Waals surface area contributed by atoms with E-state index in [4.69, 9.17) is 4.74 Å². The first-order valence-corrected chi connectivity index (χ1v) is 14.3. The van der Waals surface area contributed by atoms with Crippen LogP contribution in [0.15, 0.2) is 66.7 Å². The van der Waals surface area contributed by atoms with Crippen molar-refractivity contribution in [2.24, 2.45) is 0 Å². The fourth-order valence-corrected chi connectivity index (χ4v) is 5.24. The molecule has 3 aromatic carbocycles. The number of carboxylic acids is 1. The molecule has 3 rings (SSSR count). The minimum Gasteiger partial charge on any atom is -0.480 e. The summed E-state index contributed by atoms with van der Waals surface area (Å²) < 4.78 is 53.3. The predicted molar refractivity (Wildman–Crippen MR) is 154 cm³/mol. The first kappa shape index (κ1) is 30.9. The summed E-state index contributed by atoms with van der Waals surface area (Å²) in [6, 6.07) is 18.3. The Morgan fingerprint density at radius 1 is 0.775 bits per heavy atom. The number of rotatable bonds is 13. The standard InChI is InChI=1S/C27H31N3O8S2/c1-4-38-27(33)18-28(17-26(31)32)16-21-9-14-24(29(39(34)35)22-10-5-19(2)6-11-22)25(15-21)30(40(36)37)23-12-7-20(3)8-13-23/h5-15H,4,16-18H2,1-3H3,(H,31,32)(H,34,35)(H,36,37). The van der Waals surface area contributed by atoms with E-state index in [-0.39, 0.29) is 31.1 Å². The van der Waals surface area contributed by atoms with Crippen LogP contribution in [0.3, 0.4) is 0 Å². The molecule has 0 bridgehead atoms. The van der Waals surface area contributed by atoms with Gasteiger partial charge >= 0.3 is 11.9 Å². The summed E-state index contributed by atoms with van der Waals surface area (Å²) in [5, 5.41) is 9.37. The van der Waals surface area contributed by atoms with Crippen LogP contribution in [0.4, 0.5) is 22.7 Å². The zero-order valence-electron chi connectivity index (χ0n) is 22.2. The smallest absolute Gasteiger partial charge is 0.320 e. The monoisotopic (exact) mass is 589 g/mol. The summed E-state index contributed by atoms with van der Waals surface area (Å²) in [6.45, 7) is 4.75. The van der Waals surface area contributed by atoms with Gasteiger partial charge in [-0.05, 0) is 62.7 Å². The summed E-state index contributed by atoms with van der Waals surface area (Å²) in [5.74, 6) is -1.75. The molecule has 2 atom stereocenters. The van der Waals surface area contributed by atoms with Gasteiger partial charge in [-0.1, -0.05) is 41.5 Å². The summed E-state index contributed by atoms with van der Waals surface area (Å²) in [4.78, 5) is 24.9. The van der Waals surface area contributed by atoms with E-state index < -0.39 is 41.0 Å². The zero-order chi connectivity index (χ0) is 29.4. The zero-order valence-corrected chi connectivity index (χ0v) is 23.9. The number of aryl methyl sites for hydroxylation is 2. The van der Waals surface area contributed by atoms with Crippen LogP contribution in [0.5, 0.6) is 0 Å². The molecular formula is C27H31N3O8S2. The quantitative estimate of drug-likeness (QED) is 0.196. The number of aliphatic carboxylic acids is 1. The molecule has 3 N–H and O–H groups in total. The van der Waals surface area contributed by atoms with Crippen molar-refractivity contribution in [1.29, 1.82) is 0 Å². The number of carbonyl (C=O) groups excluding carboxylic acids is 1. The first-order chi connectivity index (χ1) is 19.0. The van der Waals surface area contributed by atoms with Crippen molar-refractivity contribution in [3.05, 3.63) is 83.4 Å². The lowest BCUT2D eigenvalue weighted by Crippen LogP contribution is -2.35. The third-order valence-electron chi connectivity index (χ3n) is 5.75. The number of anilines is 4. The van der Waals surface area contributed by atoms with E-state index in [1.54, 1.807) is 61.5 Å². The molecule has 0 spiro atoms. The van der Waals surface area contributed by atoms with E-state index in [0.29, 0.717) is 16.9 Å². The second-order valence-corrected chi connectivity index (χ2v) is 10.5. The molecule has 214 valence electrons. The lowest BCUT2D eigenvalue weighted by Gasteiger charge is -2.29. The molecule has 0 aliphatic heterocycles. The molecule has 0 amide bonds. The maximum atomic E-state index is 12.7. The van der Waals surface area contributed by atoms with Gasteiger partial charge in [-0.25, -0.2) is 17.0 Å². The predicted octanol–water partition coefficient (Wildman–Crippen LogP) is 4.30. The molecule has 11 nitrogen and oxygen atoms in total. The number of esters is 1. The van der Waals surface area contributed by atoms with Crippen molar-refractivity contribution < 1.29 is 37.0 Å². The van der Waals surface area contributed by atoms with E-state index >= 15 is 0 Å². The second-order valence-electron chi connectivity index (χ2n) is 8.89. The number of hydrogen-bond donors (Lipinski definition) is 3. The first-order valence-electron chi connectivity index (χ1n) is 12.2. The molecule has 0 saturated carbocycles. The Morgan fingerprint density at radius 2 is 1.27 bits per heavy atom. The normalized spacial score (nSPS) is 12.6. The SMILES string of the molecule is CCOC(=O)CN(CC(=O)O)Cc1ccc(N(c2ccc(C)cc2)S(=O)O)c(N(c2ccc(C)cc2)S(=O)O)c1. The van der Waals surface area contributed by atoms with Gasteiger partial charge in [0.05, 0.1) is 42.4 Å². The van der Waals surface area contributed by atoms with Crippen molar-refractivity contribution >= 4 is 57.2 Å². The van der Waals surface area contributed by atoms with E-state index in [0.717, 1.165) is 19.7 Å². The second kappa shape index (κ2) is 14.1. The van der Waals surface area contributed by atoms with E-state index in [9.17, 15) is 32.2 Å². The fourth-order valence-electron chi connectivity index (χ4n) is 4.00. The van der Waals surface area contributed by atoms with Gasteiger partial charge in [0.1, 0.15) is 0 Å². The topological polar surface area (TPSA) is 148 Å². The molecule has 0 aliphatic carbocycles. The summed E-state index contributed by atoms with van der Waals surface area (Å²) in [5.41, 5.74) is 3.29. The van der Waals surface area contributed by atoms with Gasteiger partial charge in [0, 0.05) is 6.54 Å². The Hall–Kier alpha value is -3.62. The van der Waals surface area contributed by atoms with Gasteiger partial charge in [0.25, 0.3) is 22.5 Å². The van der Waals surface area contributed by atoms with Crippen molar-refractivity contribution in [3.63, 3.8) is 0 Å². The molecule has 0 aliphatic rings. The van der Waals surface area contributed by atoms with Crippen LogP contribution in [0.2, 0.25) is 0 Å². The van der Waals surface area contributed by atoms with Gasteiger partial charge < -0.3 is 9.84 Å². The van der Waals surface area contributed by atoms with Crippen LogP contribution in [0.1, 0.15) is 23.6 Å². The Morgan fingerprint density at radius 3 is 1.73 bits per heavy atom. The minimum absolute atomic E-state index is 0.0229. The number of ether oxygens (including phenoxy) is 1. The third-order valence-corrected chi connectivity index (χ3v) is 7.19. The highest BCUT2D eigenvalue weighted by Gasteiger charge is 2.26. The molecule has 0 heterocycles. The number of carboxylic acid groups (broad SMARTS) is 1. The molecule has 0 saturated heterocycles. The molecule has 40 heavy (non-hydrogen) atoms.